The molecule has 0 aromatic heterocycles. The van der Waals surface area contributed by atoms with E-state index in [1.807, 2.05) is 71.1 Å². The smallest absolute Gasteiger partial charge is 0.376 e. The van der Waals surface area contributed by atoms with Crippen LogP contribution in [0.25, 0.3) is 0 Å². The van der Waals surface area contributed by atoms with Gasteiger partial charge in [-0.15, -0.1) is 25.7 Å². The van der Waals surface area contributed by atoms with Gasteiger partial charge in [-0.2, -0.15) is 0 Å². The molecule has 0 heterocycles. The first-order valence-corrected chi connectivity index (χ1v) is 9.23. The minimum absolute atomic E-state index is 0. The fourth-order valence-electron chi connectivity index (χ4n) is 2.68. The molecular formula is C24H32Ti. The number of allylic oxidation sites excluding steroid dienone is 4. The SMILES string of the molecule is C[C-]=C1CCCCCCC1=[C-]C(C)C.[CH]1[CH][CH][CH][CH]1.[CH]1[CH][CH][CH][CH]1.[Ti+2]. The molecule has 0 nitrogen and oxygen atoms in total. The molecule has 0 atom stereocenters. The summed E-state index contributed by atoms with van der Waals surface area (Å²) in [5.41, 5.74) is 2.88. The van der Waals surface area contributed by atoms with E-state index in [1.54, 1.807) is 0 Å². The van der Waals surface area contributed by atoms with Crippen LogP contribution in [0, 0.1) is 82.3 Å². The van der Waals surface area contributed by atoms with Crippen molar-refractivity contribution in [1.82, 2.24) is 0 Å². The Bertz CT molecular complexity index is 318. The first kappa shape index (κ1) is 25.2. The third-order valence-corrected chi connectivity index (χ3v) is 3.84. The first-order valence-electron chi connectivity index (χ1n) is 9.23. The van der Waals surface area contributed by atoms with E-state index in [2.05, 4.69) is 26.0 Å². The van der Waals surface area contributed by atoms with E-state index in [4.69, 9.17) is 0 Å². The Hall–Kier alpha value is 0.194. The van der Waals surface area contributed by atoms with Crippen molar-refractivity contribution in [2.75, 3.05) is 0 Å². The maximum atomic E-state index is 3.57. The molecule has 3 aliphatic carbocycles. The van der Waals surface area contributed by atoms with E-state index >= 15 is 0 Å². The Balaban J connectivity index is 0.000000425. The molecule has 0 unspecified atom stereocenters. The Morgan fingerprint density at radius 1 is 0.640 bits per heavy atom. The van der Waals surface area contributed by atoms with E-state index in [9.17, 15) is 0 Å². The van der Waals surface area contributed by atoms with Gasteiger partial charge in [0.25, 0.3) is 0 Å². The fourth-order valence-corrected chi connectivity index (χ4v) is 2.68. The Labute approximate surface area is 174 Å². The van der Waals surface area contributed by atoms with Crippen LogP contribution < -0.4 is 0 Å². The molecule has 132 valence electrons. The molecule has 10 radical (unpaired) electrons. The van der Waals surface area contributed by atoms with Gasteiger partial charge in [0.2, 0.25) is 0 Å². The van der Waals surface area contributed by atoms with Crippen LogP contribution in [0.2, 0.25) is 0 Å². The maximum Gasteiger partial charge on any atom is 2.00 e. The largest absolute Gasteiger partial charge is 2.00 e. The van der Waals surface area contributed by atoms with E-state index < -0.39 is 0 Å². The molecule has 3 rings (SSSR count). The average molecular weight is 368 g/mol. The predicted molar refractivity (Wildman–Crippen MR) is 105 cm³/mol. The molecule has 3 aliphatic rings. The van der Waals surface area contributed by atoms with Crippen LogP contribution in [0.1, 0.15) is 59.3 Å². The molecule has 0 saturated heterocycles. The Morgan fingerprint density at radius 3 is 1.32 bits per heavy atom. The van der Waals surface area contributed by atoms with Crippen molar-refractivity contribution >= 4 is 0 Å². The van der Waals surface area contributed by atoms with Crippen LogP contribution in [0.3, 0.4) is 0 Å². The summed E-state index contributed by atoms with van der Waals surface area (Å²) in [7, 11) is 0. The van der Waals surface area contributed by atoms with Crippen LogP contribution in [-0.4, -0.2) is 0 Å². The quantitative estimate of drug-likeness (QED) is 0.365. The summed E-state index contributed by atoms with van der Waals surface area (Å²) >= 11 is 0. The molecular weight excluding hydrogens is 336 g/mol. The van der Waals surface area contributed by atoms with Gasteiger partial charge in [0.15, 0.2) is 0 Å². The molecule has 25 heavy (non-hydrogen) atoms. The van der Waals surface area contributed by atoms with Gasteiger partial charge < -0.3 is 23.3 Å². The Morgan fingerprint density at radius 2 is 1.00 bits per heavy atom. The summed E-state index contributed by atoms with van der Waals surface area (Å²) in [6, 6.07) is 0. The van der Waals surface area contributed by atoms with Crippen LogP contribution >= 0.6 is 0 Å². The number of rotatable bonds is 1. The molecule has 3 saturated carbocycles. The van der Waals surface area contributed by atoms with Crippen molar-refractivity contribution < 1.29 is 21.7 Å². The van der Waals surface area contributed by atoms with Crippen LogP contribution in [0.4, 0.5) is 0 Å². The molecule has 0 aromatic rings. The summed E-state index contributed by atoms with van der Waals surface area (Å²) in [6.45, 7) is 6.46. The van der Waals surface area contributed by atoms with E-state index in [0.717, 1.165) is 0 Å². The maximum absolute atomic E-state index is 3.57. The van der Waals surface area contributed by atoms with Crippen LogP contribution in [-0.2, 0) is 21.7 Å². The third kappa shape index (κ3) is 14.0. The molecule has 1 heteroatoms. The summed E-state index contributed by atoms with van der Waals surface area (Å²) in [6.07, 6.45) is 34.8. The molecule has 0 bridgehead atoms. The van der Waals surface area contributed by atoms with Crippen LogP contribution in [0.5, 0.6) is 0 Å². The van der Waals surface area contributed by atoms with Crippen molar-refractivity contribution in [3.05, 3.63) is 87.5 Å². The fraction of sp³-hybridized carbons (Fsp3) is 0.417. The molecule has 0 aliphatic heterocycles. The Kier molecular flexibility index (Phi) is 17.7. The van der Waals surface area contributed by atoms with Crippen molar-refractivity contribution in [2.45, 2.75) is 59.3 Å². The molecule has 0 spiro atoms. The van der Waals surface area contributed by atoms with E-state index in [-0.39, 0.29) is 21.7 Å². The van der Waals surface area contributed by atoms with E-state index in [1.165, 1.54) is 49.7 Å². The van der Waals surface area contributed by atoms with Crippen molar-refractivity contribution in [3.63, 3.8) is 0 Å². The van der Waals surface area contributed by atoms with E-state index in [0.29, 0.717) is 5.92 Å². The van der Waals surface area contributed by atoms with Gasteiger partial charge in [-0.05, 0) is 64.2 Å². The summed E-state index contributed by atoms with van der Waals surface area (Å²) < 4.78 is 0. The second kappa shape index (κ2) is 17.6. The first-order chi connectivity index (χ1) is 11.7. The second-order valence-electron chi connectivity index (χ2n) is 6.34. The topological polar surface area (TPSA) is 0 Å². The predicted octanol–water partition coefficient (Wildman–Crippen LogP) is 6.52. The molecule has 0 aromatic carbocycles. The molecule has 0 amide bonds. The third-order valence-electron chi connectivity index (χ3n) is 3.84. The van der Waals surface area contributed by atoms with Gasteiger partial charge >= 0.3 is 21.7 Å². The molecule has 0 N–H and O–H groups in total. The second-order valence-corrected chi connectivity index (χ2v) is 6.34. The zero-order valence-corrected chi connectivity index (χ0v) is 17.7. The molecule has 3 fully saturated rings. The minimum atomic E-state index is 0. The van der Waals surface area contributed by atoms with Crippen molar-refractivity contribution in [3.8, 4) is 0 Å². The van der Waals surface area contributed by atoms with Gasteiger partial charge in [0.05, 0.1) is 0 Å². The van der Waals surface area contributed by atoms with Gasteiger partial charge in [-0.3, -0.25) is 0 Å². The number of hydrogen-bond donors (Lipinski definition) is 0. The van der Waals surface area contributed by atoms with Gasteiger partial charge in [0, 0.05) is 0 Å². The summed E-state index contributed by atoms with van der Waals surface area (Å²) in [5, 5.41) is 0. The number of hydrogen-bond acceptors (Lipinski definition) is 0. The van der Waals surface area contributed by atoms with Gasteiger partial charge in [-0.25, -0.2) is 0 Å². The monoisotopic (exact) mass is 368 g/mol. The minimum Gasteiger partial charge on any atom is -0.376 e. The van der Waals surface area contributed by atoms with Crippen molar-refractivity contribution in [1.29, 1.82) is 0 Å². The summed E-state index contributed by atoms with van der Waals surface area (Å²) in [4.78, 5) is 0. The average Bonchev–Trinajstić information content (AvgIpc) is 3.28. The standard InChI is InChI=1S/C14H22.2C5H5.Ti/c1-4-13-9-7-5-6-8-10-14(13)11-12(2)3;2*1-2-4-5-3-1;/h12H,5-10H2,1-3H3;2*1-5H;/q-2;;;+2. The van der Waals surface area contributed by atoms with Gasteiger partial charge in [0.1, 0.15) is 0 Å². The normalized spacial score (nSPS) is 23.8. The zero-order chi connectivity index (χ0) is 17.5. The summed E-state index contributed by atoms with van der Waals surface area (Å²) in [5.74, 6) is 0.549. The van der Waals surface area contributed by atoms with Gasteiger partial charge in [-0.1, -0.05) is 39.5 Å². The van der Waals surface area contributed by atoms with Crippen molar-refractivity contribution in [2.24, 2.45) is 5.92 Å². The van der Waals surface area contributed by atoms with Crippen LogP contribution in [0.15, 0.2) is 11.1 Å². The zero-order valence-electron chi connectivity index (χ0n) is 16.1.